The van der Waals surface area contributed by atoms with Gasteiger partial charge >= 0.3 is 0 Å². The van der Waals surface area contributed by atoms with E-state index in [0.717, 1.165) is 61.8 Å². The number of benzene rings is 1. The highest BCUT2D eigenvalue weighted by atomic mass is 16.5. The Hall–Kier alpha value is -2.44. The number of amides is 1. The van der Waals surface area contributed by atoms with Crippen LogP contribution in [-0.4, -0.2) is 56.2 Å². The van der Waals surface area contributed by atoms with Crippen molar-refractivity contribution < 1.29 is 14.3 Å². The molecule has 2 heterocycles. The van der Waals surface area contributed by atoms with Crippen LogP contribution in [0.5, 0.6) is 11.5 Å². The number of guanidine groups is 1. The second-order valence-corrected chi connectivity index (χ2v) is 8.12. The second-order valence-electron chi connectivity index (χ2n) is 8.12. The van der Waals surface area contributed by atoms with Gasteiger partial charge in [-0.3, -0.25) is 9.79 Å². The van der Waals surface area contributed by atoms with Crippen molar-refractivity contribution in [3.63, 3.8) is 0 Å². The third-order valence-electron chi connectivity index (χ3n) is 6.07. The summed E-state index contributed by atoms with van der Waals surface area (Å²) in [6, 6.07) is 6.22. The first-order chi connectivity index (χ1) is 14.2. The monoisotopic (exact) mass is 400 g/mol. The van der Waals surface area contributed by atoms with Gasteiger partial charge in [-0.25, -0.2) is 0 Å². The molecular weight excluding hydrogens is 368 g/mol. The van der Waals surface area contributed by atoms with Crippen LogP contribution in [0.3, 0.4) is 0 Å². The smallest absolute Gasteiger partial charge is 0.225 e. The number of carbonyl (C=O) groups excluding carboxylic acids is 1. The lowest BCUT2D eigenvalue weighted by molar-refractivity contribution is -0.134. The summed E-state index contributed by atoms with van der Waals surface area (Å²) in [7, 11) is 1.77. The summed E-state index contributed by atoms with van der Waals surface area (Å²) in [5.41, 5.74) is 1.05. The summed E-state index contributed by atoms with van der Waals surface area (Å²) in [5, 5.41) is 6.86. The number of carbonyl (C=O) groups is 1. The third-order valence-corrected chi connectivity index (χ3v) is 6.07. The predicted molar refractivity (Wildman–Crippen MR) is 112 cm³/mol. The Balaban J connectivity index is 1.30. The molecule has 158 valence electrons. The maximum atomic E-state index is 12.7. The number of hydrogen-bond donors (Lipinski definition) is 2. The summed E-state index contributed by atoms with van der Waals surface area (Å²) in [6.07, 6.45) is 6.36. The average Bonchev–Trinajstić information content (AvgIpc) is 3.38. The van der Waals surface area contributed by atoms with Crippen LogP contribution >= 0.6 is 0 Å². The molecule has 7 heteroatoms. The zero-order valence-electron chi connectivity index (χ0n) is 17.3. The van der Waals surface area contributed by atoms with Crippen molar-refractivity contribution in [2.45, 2.75) is 51.1 Å². The van der Waals surface area contributed by atoms with Crippen LogP contribution in [-0.2, 0) is 11.3 Å². The molecule has 1 aromatic rings. The van der Waals surface area contributed by atoms with E-state index in [1.807, 2.05) is 23.1 Å². The highest BCUT2D eigenvalue weighted by Crippen LogP contribution is 2.33. The molecule has 0 aromatic heterocycles. The number of hydrogen-bond acceptors (Lipinski definition) is 4. The van der Waals surface area contributed by atoms with E-state index in [-0.39, 0.29) is 12.0 Å². The van der Waals surface area contributed by atoms with E-state index < -0.39 is 0 Å². The largest absolute Gasteiger partial charge is 0.490 e. The Morgan fingerprint density at radius 2 is 2.00 bits per heavy atom. The summed E-state index contributed by atoms with van der Waals surface area (Å²) in [6.45, 7) is 3.55. The zero-order chi connectivity index (χ0) is 20.1. The summed E-state index contributed by atoms with van der Waals surface area (Å²) >= 11 is 0. The summed E-state index contributed by atoms with van der Waals surface area (Å²) < 4.78 is 11.7. The molecule has 1 unspecified atom stereocenters. The molecule has 29 heavy (non-hydrogen) atoms. The topological polar surface area (TPSA) is 75.2 Å². The van der Waals surface area contributed by atoms with E-state index in [4.69, 9.17) is 9.47 Å². The lowest BCUT2D eigenvalue weighted by Crippen LogP contribution is -2.45. The Labute approximate surface area is 172 Å². The minimum atomic E-state index is 0.235. The van der Waals surface area contributed by atoms with Gasteiger partial charge in [0.15, 0.2) is 17.5 Å². The fraction of sp³-hybridized carbons (Fsp3) is 0.636. The van der Waals surface area contributed by atoms with E-state index in [9.17, 15) is 4.79 Å². The van der Waals surface area contributed by atoms with Crippen molar-refractivity contribution in [3.8, 4) is 11.5 Å². The molecule has 2 fully saturated rings. The zero-order valence-corrected chi connectivity index (χ0v) is 17.3. The number of fused-ring (bicyclic) bond motifs is 1. The van der Waals surface area contributed by atoms with Crippen LogP contribution < -0.4 is 20.1 Å². The number of para-hydroxylation sites is 1. The first-order valence-electron chi connectivity index (χ1n) is 10.9. The molecule has 1 saturated heterocycles. The van der Waals surface area contributed by atoms with Gasteiger partial charge in [0.1, 0.15) is 0 Å². The van der Waals surface area contributed by atoms with Gasteiger partial charge in [0.2, 0.25) is 5.91 Å². The highest BCUT2D eigenvalue weighted by molar-refractivity contribution is 5.81. The number of likely N-dealkylation sites (tertiary alicyclic amines) is 1. The molecule has 7 nitrogen and oxygen atoms in total. The number of nitrogens with zero attached hydrogens (tertiary/aromatic N) is 2. The van der Waals surface area contributed by atoms with Crippen LogP contribution in [0.1, 0.15) is 44.1 Å². The van der Waals surface area contributed by atoms with Crippen LogP contribution in [0.4, 0.5) is 0 Å². The maximum Gasteiger partial charge on any atom is 0.225 e. The SMILES string of the molecule is CN=C(NCc1cccc2c1OCCCO2)NC1CCN(C(=O)C2CCCC2)C1. The molecule has 1 aliphatic carbocycles. The fourth-order valence-electron chi connectivity index (χ4n) is 4.47. The third kappa shape index (κ3) is 4.77. The van der Waals surface area contributed by atoms with Crippen LogP contribution in [0.25, 0.3) is 0 Å². The first kappa shape index (κ1) is 19.9. The van der Waals surface area contributed by atoms with E-state index in [0.29, 0.717) is 25.7 Å². The van der Waals surface area contributed by atoms with Gasteiger partial charge in [-0.15, -0.1) is 0 Å². The van der Waals surface area contributed by atoms with Crippen molar-refractivity contribution in [1.82, 2.24) is 15.5 Å². The molecule has 2 N–H and O–H groups in total. The molecule has 0 bridgehead atoms. The fourth-order valence-corrected chi connectivity index (χ4v) is 4.47. The number of ether oxygens (including phenoxy) is 2. The van der Waals surface area contributed by atoms with E-state index in [1.165, 1.54) is 12.8 Å². The lowest BCUT2D eigenvalue weighted by Gasteiger charge is -2.21. The van der Waals surface area contributed by atoms with Gasteiger partial charge in [-0.2, -0.15) is 0 Å². The van der Waals surface area contributed by atoms with Crippen molar-refractivity contribution in [1.29, 1.82) is 0 Å². The molecule has 4 rings (SSSR count). The number of rotatable bonds is 4. The molecule has 0 radical (unpaired) electrons. The van der Waals surface area contributed by atoms with Crippen molar-refractivity contribution in [2.75, 3.05) is 33.4 Å². The average molecular weight is 401 g/mol. The lowest BCUT2D eigenvalue weighted by atomic mass is 10.1. The Morgan fingerprint density at radius 1 is 1.17 bits per heavy atom. The van der Waals surface area contributed by atoms with E-state index in [1.54, 1.807) is 7.05 Å². The van der Waals surface area contributed by atoms with E-state index >= 15 is 0 Å². The maximum absolute atomic E-state index is 12.7. The van der Waals surface area contributed by atoms with Crippen LogP contribution in [0.15, 0.2) is 23.2 Å². The van der Waals surface area contributed by atoms with Crippen molar-refractivity contribution >= 4 is 11.9 Å². The molecule has 1 aromatic carbocycles. The van der Waals surface area contributed by atoms with Gasteiger partial charge in [-0.1, -0.05) is 25.0 Å². The van der Waals surface area contributed by atoms with Gasteiger partial charge in [-0.05, 0) is 25.3 Å². The number of aliphatic imine (C=N–C) groups is 1. The molecule has 1 saturated carbocycles. The minimum Gasteiger partial charge on any atom is -0.490 e. The van der Waals surface area contributed by atoms with Gasteiger partial charge in [0.05, 0.1) is 13.2 Å². The standard InChI is InChI=1S/C22H32N4O3/c1-23-22(24-14-17-8-4-9-19-20(17)29-13-5-12-28-19)25-18-10-11-26(15-18)21(27)16-6-2-3-7-16/h4,8-9,16,18H,2-3,5-7,10-15H2,1H3,(H2,23,24,25). The Kier molecular flexibility index (Phi) is 6.42. The van der Waals surface area contributed by atoms with Crippen LogP contribution in [0.2, 0.25) is 0 Å². The minimum absolute atomic E-state index is 0.235. The van der Waals surface area contributed by atoms with Gasteiger partial charge in [0.25, 0.3) is 0 Å². The molecule has 1 amide bonds. The van der Waals surface area contributed by atoms with E-state index in [2.05, 4.69) is 15.6 Å². The quantitative estimate of drug-likeness (QED) is 0.599. The molecule has 1 atom stereocenters. The second kappa shape index (κ2) is 9.37. The first-order valence-corrected chi connectivity index (χ1v) is 10.9. The molecular formula is C22H32N4O3. The van der Waals surface area contributed by atoms with Gasteiger partial charge in [0, 0.05) is 50.6 Å². The molecule has 3 aliphatic rings. The Morgan fingerprint density at radius 3 is 2.83 bits per heavy atom. The Bertz CT molecular complexity index is 746. The van der Waals surface area contributed by atoms with Crippen molar-refractivity contribution in [2.24, 2.45) is 10.9 Å². The van der Waals surface area contributed by atoms with Crippen molar-refractivity contribution in [3.05, 3.63) is 23.8 Å². The summed E-state index contributed by atoms with van der Waals surface area (Å²) in [4.78, 5) is 19.0. The predicted octanol–water partition coefficient (Wildman–Crippen LogP) is 2.30. The highest BCUT2D eigenvalue weighted by Gasteiger charge is 2.32. The normalized spacial score (nSPS) is 22.4. The molecule has 0 spiro atoms. The number of nitrogens with one attached hydrogen (secondary N) is 2. The van der Waals surface area contributed by atoms with Crippen LogP contribution in [0, 0.1) is 5.92 Å². The summed E-state index contributed by atoms with van der Waals surface area (Å²) in [5.74, 6) is 2.97. The van der Waals surface area contributed by atoms with Gasteiger partial charge < -0.3 is 25.0 Å². The molecule has 2 aliphatic heterocycles.